The van der Waals surface area contributed by atoms with Gasteiger partial charge in [0.05, 0.1) is 6.61 Å². The molecule has 1 rings (SSSR count). The van der Waals surface area contributed by atoms with Crippen LogP contribution in [0.2, 0.25) is 0 Å². The molecule has 1 aromatic heterocycles. The maximum absolute atomic E-state index is 12.4. The van der Waals surface area contributed by atoms with Crippen molar-refractivity contribution in [1.82, 2.24) is 9.62 Å². The Labute approximate surface area is 125 Å². The minimum atomic E-state index is -3.54. The van der Waals surface area contributed by atoms with E-state index < -0.39 is 10.0 Å². The van der Waals surface area contributed by atoms with Gasteiger partial charge in [-0.05, 0) is 25.1 Å². The minimum Gasteiger partial charge on any atom is -0.395 e. The number of hydrogen-bond donors (Lipinski definition) is 2. The minimum absolute atomic E-state index is 0.0790. The van der Waals surface area contributed by atoms with Crippen LogP contribution in [-0.2, 0) is 16.6 Å². The number of nitrogens with one attached hydrogen (secondary N) is 1. The SMILES string of the molecule is C=CCN(CCO)S(=O)(=O)c1ccc(CNCCC)s1. The third-order valence-corrected chi connectivity index (χ3v) is 6.06. The lowest BCUT2D eigenvalue weighted by Crippen LogP contribution is -2.33. The lowest BCUT2D eigenvalue weighted by Gasteiger charge is -2.18. The van der Waals surface area contributed by atoms with Gasteiger partial charge in [-0.1, -0.05) is 13.0 Å². The fourth-order valence-corrected chi connectivity index (χ4v) is 4.55. The molecule has 0 amide bonds. The monoisotopic (exact) mass is 318 g/mol. The zero-order chi connectivity index (χ0) is 15.0. The summed E-state index contributed by atoms with van der Waals surface area (Å²) < 4.78 is 26.4. The molecule has 1 aromatic rings. The van der Waals surface area contributed by atoms with Crippen LogP contribution in [0.4, 0.5) is 0 Å². The van der Waals surface area contributed by atoms with Crippen LogP contribution in [-0.4, -0.2) is 44.1 Å². The second-order valence-corrected chi connectivity index (χ2v) is 7.61. The van der Waals surface area contributed by atoms with Crippen LogP contribution >= 0.6 is 11.3 Å². The van der Waals surface area contributed by atoms with Gasteiger partial charge in [0.1, 0.15) is 4.21 Å². The summed E-state index contributed by atoms with van der Waals surface area (Å²) in [6, 6.07) is 3.45. The third-order valence-electron chi connectivity index (χ3n) is 2.64. The Morgan fingerprint density at radius 2 is 2.25 bits per heavy atom. The van der Waals surface area contributed by atoms with E-state index >= 15 is 0 Å². The average molecular weight is 318 g/mol. The molecule has 114 valence electrons. The van der Waals surface area contributed by atoms with Gasteiger partial charge in [0.25, 0.3) is 10.0 Å². The summed E-state index contributed by atoms with van der Waals surface area (Å²) in [6.45, 7) is 7.29. The molecule has 0 spiro atoms. The van der Waals surface area contributed by atoms with Crippen molar-refractivity contribution < 1.29 is 13.5 Å². The van der Waals surface area contributed by atoms with Crippen LogP contribution < -0.4 is 5.32 Å². The number of nitrogens with zero attached hydrogens (tertiary/aromatic N) is 1. The highest BCUT2D eigenvalue weighted by molar-refractivity contribution is 7.91. The van der Waals surface area contributed by atoms with Gasteiger partial charge < -0.3 is 10.4 Å². The number of hydrogen-bond acceptors (Lipinski definition) is 5. The summed E-state index contributed by atoms with van der Waals surface area (Å²) in [5.74, 6) is 0. The summed E-state index contributed by atoms with van der Waals surface area (Å²) in [5, 5.41) is 12.2. The van der Waals surface area contributed by atoms with Crippen molar-refractivity contribution in [3.8, 4) is 0 Å². The Morgan fingerprint density at radius 3 is 2.85 bits per heavy atom. The standard InChI is InChI=1S/C13H22N2O3S2/c1-3-7-14-11-12-5-6-13(19-12)20(17,18)15(8-4-2)9-10-16/h4-6,14,16H,2-3,7-11H2,1H3. The van der Waals surface area contributed by atoms with Crippen molar-refractivity contribution in [3.63, 3.8) is 0 Å². The molecule has 5 nitrogen and oxygen atoms in total. The lowest BCUT2D eigenvalue weighted by molar-refractivity contribution is 0.260. The molecule has 0 unspecified atom stereocenters. The molecule has 0 radical (unpaired) electrons. The van der Waals surface area contributed by atoms with E-state index in [4.69, 9.17) is 5.11 Å². The Hall–Kier alpha value is -0.730. The fourth-order valence-electron chi connectivity index (χ4n) is 1.67. The van der Waals surface area contributed by atoms with Crippen LogP contribution in [0.1, 0.15) is 18.2 Å². The van der Waals surface area contributed by atoms with E-state index in [2.05, 4.69) is 18.8 Å². The Kier molecular flexibility index (Phi) is 7.39. The molecule has 0 bridgehead atoms. The van der Waals surface area contributed by atoms with Crippen LogP contribution in [0.5, 0.6) is 0 Å². The Morgan fingerprint density at radius 1 is 1.50 bits per heavy atom. The molecule has 0 fully saturated rings. The lowest BCUT2D eigenvalue weighted by atomic mass is 10.4. The number of sulfonamides is 1. The first-order valence-electron chi connectivity index (χ1n) is 6.57. The summed E-state index contributed by atoms with van der Waals surface area (Å²) in [4.78, 5) is 0.986. The first-order valence-corrected chi connectivity index (χ1v) is 8.83. The van der Waals surface area contributed by atoms with Crippen LogP contribution in [0.15, 0.2) is 29.0 Å². The van der Waals surface area contributed by atoms with Crippen molar-refractivity contribution in [1.29, 1.82) is 0 Å². The molecule has 0 saturated carbocycles. The van der Waals surface area contributed by atoms with Gasteiger partial charge in [0.2, 0.25) is 0 Å². The highest BCUT2D eigenvalue weighted by Crippen LogP contribution is 2.24. The van der Waals surface area contributed by atoms with Crippen molar-refractivity contribution in [3.05, 3.63) is 29.7 Å². The van der Waals surface area contributed by atoms with Gasteiger partial charge >= 0.3 is 0 Å². The molecule has 0 aliphatic rings. The first-order chi connectivity index (χ1) is 9.56. The van der Waals surface area contributed by atoms with Crippen molar-refractivity contribution in [2.24, 2.45) is 0 Å². The van der Waals surface area contributed by atoms with Gasteiger partial charge in [0.15, 0.2) is 0 Å². The largest absolute Gasteiger partial charge is 0.395 e. The van der Waals surface area contributed by atoms with Gasteiger partial charge in [-0.2, -0.15) is 4.31 Å². The van der Waals surface area contributed by atoms with E-state index in [1.54, 1.807) is 6.07 Å². The molecular formula is C13H22N2O3S2. The van der Waals surface area contributed by atoms with E-state index in [9.17, 15) is 8.42 Å². The maximum Gasteiger partial charge on any atom is 0.252 e. The van der Waals surface area contributed by atoms with E-state index in [0.29, 0.717) is 10.8 Å². The van der Waals surface area contributed by atoms with E-state index in [-0.39, 0.29) is 19.7 Å². The highest BCUT2D eigenvalue weighted by atomic mass is 32.2. The predicted molar refractivity (Wildman–Crippen MR) is 82.4 cm³/mol. The quantitative estimate of drug-likeness (QED) is 0.506. The molecule has 0 atom stereocenters. The second-order valence-electron chi connectivity index (χ2n) is 4.27. The molecule has 0 aliphatic heterocycles. The van der Waals surface area contributed by atoms with E-state index in [1.807, 2.05) is 6.07 Å². The molecule has 0 aliphatic carbocycles. The Balaban J connectivity index is 2.83. The molecule has 20 heavy (non-hydrogen) atoms. The number of thiophene rings is 1. The third kappa shape index (κ3) is 4.68. The summed E-state index contributed by atoms with van der Waals surface area (Å²) in [5.41, 5.74) is 0. The summed E-state index contributed by atoms with van der Waals surface area (Å²) in [7, 11) is -3.54. The van der Waals surface area contributed by atoms with Crippen LogP contribution in [0.25, 0.3) is 0 Å². The molecule has 0 saturated heterocycles. The summed E-state index contributed by atoms with van der Waals surface area (Å²) >= 11 is 1.26. The van der Waals surface area contributed by atoms with Gasteiger partial charge in [-0.25, -0.2) is 8.42 Å². The van der Waals surface area contributed by atoms with Crippen LogP contribution in [0.3, 0.4) is 0 Å². The Bertz CT molecular complexity index is 511. The van der Waals surface area contributed by atoms with Crippen molar-refractivity contribution in [2.75, 3.05) is 26.2 Å². The van der Waals surface area contributed by atoms with Crippen LogP contribution in [0, 0.1) is 0 Å². The number of aliphatic hydroxyl groups is 1. The highest BCUT2D eigenvalue weighted by Gasteiger charge is 2.24. The maximum atomic E-state index is 12.4. The van der Waals surface area contributed by atoms with Crippen molar-refractivity contribution in [2.45, 2.75) is 24.1 Å². The molecule has 1 heterocycles. The van der Waals surface area contributed by atoms with Gasteiger partial charge in [0, 0.05) is 24.5 Å². The predicted octanol–water partition coefficient (Wildman–Crippen LogP) is 1.42. The number of rotatable bonds is 10. The first kappa shape index (κ1) is 17.3. The topological polar surface area (TPSA) is 69.6 Å². The van der Waals surface area contributed by atoms with E-state index in [0.717, 1.165) is 17.8 Å². The number of aliphatic hydroxyl groups excluding tert-OH is 1. The molecule has 2 N–H and O–H groups in total. The molecule has 7 heteroatoms. The smallest absolute Gasteiger partial charge is 0.252 e. The molecular weight excluding hydrogens is 296 g/mol. The van der Waals surface area contributed by atoms with Crippen molar-refractivity contribution >= 4 is 21.4 Å². The molecule has 0 aromatic carbocycles. The zero-order valence-electron chi connectivity index (χ0n) is 11.7. The van der Waals surface area contributed by atoms with Gasteiger partial charge in [-0.15, -0.1) is 17.9 Å². The normalized spacial score (nSPS) is 11.9. The van der Waals surface area contributed by atoms with Gasteiger partial charge in [-0.3, -0.25) is 0 Å². The summed E-state index contributed by atoms with van der Waals surface area (Å²) in [6.07, 6.45) is 2.56. The second kappa shape index (κ2) is 8.53. The zero-order valence-corrected chi connectivity index (χ0v) is 13.3. The fraction of sp³-hybridized carbons (Fsp3) is 0.538. The average Bonchev–Trinajstić information content (AvgIpc) is 2.88. The van der Waals surface area contributed by atoms with E-state index in [1.165, 1.54) is 21.7 Å².